The first-order valence-electron chi connectivity index (χ1n) is 14.1. The third-order valence-corrected chi connectivity index (χ3v) is 8.76. The number of hydrogen-bond donors (Lipinski definition) is 3. The summed E-state index contributed by atoms with van der Waals surface area (Å²) >= 11 is 0. The first-order chi connectivity index (χ1) is 19.5. The van der Waals surface area contributed by atoms with E-state index in [4.69, 9.17) is 9.47 Å². The lowest BCUT2D eigenvalue weighted by atomic mass is 9.72. The SMILES string of the molecule is OCC1CCC2(CC1)O[C@@H](C(O)(c1ccccc1)c1ccccc1)[C@H](C(O)(c1ccccc1)c1ccccc1)O2. The van der Waals surface area contributed by atoms with E-state index in [0.717, 1.165) is 12.8 Å². The zero-order chi connectivity index (χ0) is 27.6. The minimum absolute atomic E-state index is 0.124. The second-order valence-corrected chi connectivity index (χ2v) is 11.1. The molecule has 0 radical (unpaired) electrons. The van der Waals surface area contributed by atoms with Crippen molar-refractivity contribution in [3.63, 3.8) is 0 Å². The molecule has 3 N–H and O–H groups in total. The maximum Gasteiger partial charge on any atom is 0.169 e. The predicted octanol–water partition coefficient (Wildman–Crippen LogP) is 5.52. The summed E-state index contributed by atoms with van der Waals surface area (Å²) in [5, 5.41) is 35.7. The molecule has 1 saturated heterocycles. The summed E-state index contributed by atoms with van der Waals surface area (Å²) in [6.45, 7) is 0.124. The van der Waals surface area contributed by atoms with Crippen LogP contribution < -0.4 is 0 Å². The molecule has 4 aromatic rings. The number of ether oxygens (including phenoxy) is 2. The molecule has 40 heavy (non-hydrogen) atoms. The second-order valence-electron chi connectivity index (χ2n) is 11.1. The van der Waals surface area contributed by atoms with E-state index in [1.165, 1.54) is 0 Å². The highest BCUT2D eigenvalue weighted by molar-refractivity contribution is 5.43. The zero-order valence-corrected chi connectivity index (χ0v) is 22.5. The Labute approximate surface area is 235 Å². The molecular formula is C35H36O5. The van der Waals surface area contributed by atoms with Crippen LogP contribution in [0.4, 0.5) is 0 Å². The lowest BCUT2D eigenvalue weighted by molar-refractivity contribution is -0.219. The number of rotatable bonds is 7. The van der Waals surface area contributed by atoms with Gasteiger partial charge in [-0.3, -0.25) is 0 Å². The standard InChI is InChI=1S/C35H36O5/c36-25-26-21-23-33(24-22-26)39-31(34(37,27-13-5-1-6-14-27)28-15-7-2-8-16-28)32(40-33)35(38,29-17-9-3-10-18-29)30-19-11-4-12-20-30/h1-20,26,31-32,36-38H,21-25H2/t31-,32-/m1/s1. The van der Waals surface area contributed by atoms with Gasteiger partial charge in [-0.05, 0) is 41.0 Å². The summed E-state index contributed by atoms with van der Waals surface area (Å²) in [7, 11) is 0. The maximum absolute atomic E-state index is 12.9. The van der Waals surface area contributed by atoms with E-state index in [9.17, 15) is 15.3 Å². The first kappa shape index (κ1) is 26.9. The summed E-state index contributed by atoms with van der Waals surface area (Å²) in [6, 6.07) is 38.0. The molecule has 6 rings (SSSR count). The molecule has 5 nitrogen and oxygen atoms in total. The third-order valence-electron chi connectivity index (χ3n) is 8.76. The third kappa shape index (κ3) is 4.58. The van der Waals surface area contributed by atoms with E-state index in [0.29, 0.717) is 35.1 Å². The fourth-order valence-corrected chi connectivity index (χ4v) is 6.52. The Hall–Kier alpha value is -3.32. The molecule has 1 aliphatic heterocycles. The molecule has 0 aromatic heterocycles. The molecule has 0 bridgehead atoms. The summed E-state index contributed by atoms with van der Waals surface area (Å²) in [6.07, 6.45) is 0.664. The first-order valence-corrected chi connectivity index (χ1v) is 14.1. The molecule has 4 aromatic carbocycles. The summed E-state index contributed by atoms with van der Waals surface area (Å²) in [4.78, 5) is 0. The quantitative estimate of drug-likeness (QED) is 0.290. The van der Waals surface area contributed by atoms with Gasteiger partial charge in [0.15, 0.2) is 5.79 Å². The van der Waals surface area contributed by atoms with Crippen molar-refractivity contribution in [3.8, 4) is 0 Å². The van der Waals surface area contributed by atoms with Gasteiger partial charge in [-0.1, -0.05) is 121 Å². The monoisotopic (exact) mass is 536 g/mol. The van der Waals surface area contributed by atoms with Gasteiger partial charge < -0.3 is 24.8 Å². The van der Waals surface area contributed by atoms with Crippen LogP contribution in [0.1, 0.15) is 47.9 Å². The van der Waals surface area contributed by atoms with Crippen LogP contribution in [-0.4, -0.2) is 39.9 Å². The van der Waals surface area contributed by atoms with E-state index < -0.39 is 29.2 Å². The van der Waals surface area contributed by atoms with Crippen molar-refractivity contribution in [2.24, 2.45) is 5.92 Å². The zero-order valence-electron chi connectivity index (χ0n) is 22.5. The summed E-state index contributed by atoms with van der Waals surface area (Å²) in [5.74, 6) is -0.824. The Balaban J connectivity index is 1.57. The number of aliphatic hydroxyl groups is 3. The Morgan fingerprint density at radius 1 is 0.550 bits per heavy atom. The lowest BCUT2D eigenvalue weighted by Gasteiger charge is -2.42. The molecular weight excluding hydrogens is 500 g/mol. The predicted molar refractivity (Wildman–Crippen MR) is 153 cm³/mol. The lowest BCUT2D eigenvalue weighted by Crippen LogP contribution is -2.54. The van der Waals surface area contributed by atoms with E-state index in [2.05, 4.69) is 0 Å². The van der Waals surface area contributed by atoms with E-state index >= 15 is 0 Å². The van der Waals surface area contributed by atoms with Gasteiger partial charge in [-0.15, -0.1) is 0 Å². The van der Waals surface area contributed by atoms with Gasteiger partial charge >= 0.3 is 0 Å². The van der Waals surface area contributed by atoms with Crippen LogP contribution in [0.3, 0.4) is 0 Å². The van der Waals surface area contributed by atoms with Gasteiger partial charge in [0.05, 0.1) is 0 Å². The Kier molecular flexibility index (Phi) is 7.34. The number of aliphatic hydroxyl groups excluding tert-OH is 1. The minimum Gasteiger partial charge on any atom is -0.396 e. The molecule has 0 unspecified atom stereocenters. The topological polar surface area (TPSA) is 79.2 Å². The number of benzene rings is 4. The smallest absolute Gasteiger partial charge is 0.169 e. The average Bonchev–Trinajstić information content (AvgIpc) is 3.42. The Morgan fingerprint density at radius 2 is 0.850 bits per heavy atom. The van der Waals surface area contributed by atoms with Crippen molar-refractivity contribution in [2.45, 2.75) is 54.9 Å². The van der Waals surface area contributed by atoms with Crippen LogP contribution in [0.15, 0.2) is 121 Å². The van der Waals surface area contributed by atoms with E-state index in [1.54, 1.807) is 0 Å². The van der Waals surface area contributed by atoms with Crippen LogP contribution in [0.5, 0.6) is 0 Å². The van der Waals surface area contributed by atoms with Gasteiger partial charge in [-0.2, -0.15) is 0 Å². The average molecular weight is 537 g/mol. The molecule has 1 aliphatic carbocycles. The molecule has 1 spiro atoms. The summed E-state index contributed by atoms with van der Waals surface area (Å²) in [5.41, 5.74) is -0.646. The van der Waals surface area contributed by atoms with E-state index in [1.807, 2.05) is 121 Å². The molecule has 2 fully saturated rings. The van der Waals surface area contributed by atoms with Crippen molar-refractivity contribution in [2.75, 3.05) is 6.61 Å². The molecule has 1 heterocycles. The van der Waals surface area contributed by atoms with Gasteiger partial charge in [0, 0.05) is 19.4 Å². The van der Waals surface area contributed by atoms with Crippen molar-refractivity contribution >= 4 is 0 Å². The fourth-order valence-electron chi connectivity index (χ4n) is 6.52. The van der Waals surface area contributed by atoms with Crippen LogP contribution >= 0.6 is 0 Å². The Morgan fingerprint density at radius 3 is 1.12 bits per heavy atom. The van der Waals surface area contributed by atoms with E-state index in [-0.39, 0.29) is 12.5 Å². The van der Waals surface area contributed by atoms with Crippen molar-refractivity contribution in [1.82, 2.24) is 0 Å². The fraction of sp³-hybridized carbons (Fsp3) is 0.314. The highest BCUT2D eigenvalue weighted by Gasteiger charge is 2.63. The van der Waals surface area contributed by atoms with Crippen molar-refractivity contribution in [1.29, 1.82) is 0 Å². The van der Waals surface area contributed by atoms with Gasteiger partial charge in [0.25, 0.3) is 0 Å². The normalized spacial score (nSPS) is 21.5. The van der Waals surface area contributed by atoms with Crippen LogP contribution in [0.25, 0.3) is 0 Å². The molecule has 1 saturated carbocycles. The molecule has 2 aliphatic rings. The van der Waals surface area contributed by atoms with Crippen LogP contribution in [0, 0.1) is 5.92 Å². The molecule has 5 heteroatoms. The molecule has 206 valence electrons. The summed E-state index contributed by atoms with van der Waals surface area (Å²) < 4.78 is 13.9. The highest BCUT2D eigenvalue weighted by Crippen LogP contribution is 2.53. The highest BCUT2D eigenvalue weighted by atomic mass is 16.8. The number of hydrogen-bond acceptors (Lipinski definition) is 5. The van der Waals surface area contributed by atoms with Gasteiger partial charge in [0.1, 0.15) is 23.4 Å². The largest absolute Gasteiger partial charge is 0.396 e. The Bertz CT molecular complexity index is 1190. The van der Waals surface area contributed by atoms with Gasteiger partial charge in [-0.25, -0.2) is 0 Å². The van der Waals surface area contributed by atoms with Crippen LogP contribution in [-0.2, 0) is 20.7 Å². The molecule has 0 amide bonds. The van der Waals surface area contributed by atoms with Gasteiger partial charge in [0.2, 0.25) is 0 Å². The van der Waals surface area contributed by atoms with Crippen molar-refractivity contribution in [3.05, 3.63) is 144 Å². The second kappa shape index (κ2) is 10.9. The minimum atomic E-state index is -1.64. The van der Waals surface area contributed by atoms with Crippen LogP contribution in [0.2, 0.25) is 0 Å². The maximum atomic E-state index is 12.9. The van der Waals surface area contributed by atoms with Crippen molar-refractivity contribution < 1.29 is 24.8 Å². The molecule has 2 atom stereocenters.